The van der Waals surface area contributed by atoms with Gasteiger partial charge in [0.15, 0.2) is 0 Å². The molecule has 1 aromatic heterocycles. The number of amides is 1. The molecule has 0 saturated carbocycles. The molecule has 2 atom stereocenters. The SMILES string of the molecule is COCCCc1cc(CNC(=O)C2CNCCC2c2ccn(C)c(=O)c2)cc(OCCN2CCOCC2)c1. The molecule has 4 rings (SSSR count). The molecule has 2 aromatic rings. The van der Waals surface area contributed by atoms with Crippen LogP contribution in [0.1, 0.15) is 35.4 Å². The maximum Gasteiger partial charge on any atom is 0.250 e. The average Bonchev–Trinajstić information content (AvgIpc) is 2.94. The Hall–Kier alpha value is -2.72. The van der Waals surface area contributed by atoms with Crippen molar-refractivity contribution in [2.75, 3.05) is 66.3 Å². The molecular weight excluding hydrogens is 484 g/mol. The van der Waals surface area contributed by atoms with Gasteiger partial charge in [0, 0.05) is 65.8 Å². The van der Waals surface area contributed by atoms with Crippen molar-refractivity contribution in [3.8, 4) is 5.75 Å². The van der Waals surface area contributed by atoms with Gasteiger partial charge in [0.05, 0.1) is 19.1 Å². The number of rotatable bonds is 12. The summed E-state index contributed by atoms with van der Waals surface area (Å²) < 4.78 is 18.4. The van der Waals surface area contributed by atoms with E-state index in [1.807, 2.05) is 12.1 Å². The van der Waals surface area contributed by atoms with Crippen LogP contribution in [-0.4, -0.2) is 81.6 Å². The number of aromatic nitrogens is 1. The topological polar surface area (TPSA) is 94.1 Å². The van der Waals surface area contributed by atoms with E-state index in [4.69, 9.17) is 14.2 Å². The molecule has 0 aliphatic carbocycles. The first-order valence-corrected chi connectivity index (χ1v) is 13.7. The van der Waals surface area contributed by atoms with Gasteiger partial charge >= 0.3 is 0 Å². The summed E-state index contributed by atoms with van der Waals surface area (Å²) in [6, 6.07) is 9.89. The first-order valence-electron chi connectivity index (χ1n) is 13.7. The first kappa shape index (κ1) is 28.3. The zero-order valence-electron chi connectivity index (χ0n) is 22.7. The lowest BCUT2D eigenvalue weighted by Crippen LogP contribution is -2.44. The van der Waals surface area contributed by atoms with Crippen LogP contribution in [0.5, 0.6) is 5.75 Å². The molecule has 0 spiro atoms. The van der Waals surface area contributed by atoms with Gasteiger partial charge in [-0.1, -0.05) is 6.07 Å². The number of nitrogens with zero attached hydrogens (tertiary/aromatic N) is 2. The van der Waals surface area contributed by atoms with Crippen molar-refractivity contribution in [2.45, 2.75) is 31.7 Å². The van der Waals surface area contributed by atoms with Crippen molar-refractivity contribution in [1.82, 2.24) is 20.1 Å². The van der Waals surface area contributed by atoms with Crippen LogP contribution < -0.4 is 20.9 Å². The first-order chi connectivity index (χ1) is 18.5. The van der Waals surface area contributed by atoms with Gasteiger partial charge in [-0.15, -0.1) is 0 Å². The van der Waals surface area contributed by atoms with Crippen LogP contribution in [0.4, 0.5) is 0 Å². The lowest BCUT2D eigenvalue weighted by atomic mass is 9.81. The number of piperidine rings is 1. The fourth-order valence-corrected chi connectivity index (χ4v) is 5.24. The van der Waals surface area contributed by atoms with Gasteiger partial charge in [0.2, 0.25) is 5.91 Å². The van der Waals surface area contributed by atoms with Gasteiger partial charge in [0.25, 0.3) is 5.56 Å². The Bertz CT molecular complexity index is 1100. The minimum atomic E-state index is -0.231. The predicted octanol–water partition coefficient (Wildman–Crippen LogP) is 1.68. The van der Waals surface area contributed by atoms with Gasteiger partial charge in [-0.25, -0.2) is 0 Å². The van der Waals surface area contributed by atoms with E-state index in [0.29, 0.717) is 26.3 Å². The van der Waals surface area contributed by atoms with Crippen molar-refractivity contribution in [1.29, 1.82) is 0 Å². The zero-order valence-corrected chi connectivity index (χ0v) is 22.7. The second-order valence-electron chi connectivity index (χ2n) is 10.2. The molecule has 1 amide bonds. The molecule has 2 aliphatic rings. The number of benzene rings is 1. The lowest BCUT2D eigenvalue weighted by Gasteiger charge is -2.31. The number of carbonyl (C=O) groups excluding carboxylic acids is 1. The van der Waals surface area contributed by atoms with Crippen molar-refractivity contribution in [2.24, 2.45) is 13.0 Å². The number of hydrogen-bond donors (Lipinski definition) is 2. The number of methoxy groups -OCH3 is 1. The Morgan fingerprint density at radius 2 is 1.97 bits per heavy atom. The van der Waals surface area contributed by atoms with E-state index in [9.17, 15) is 9.59 Å². The van der Waals surface area contributed by atoms with Gasteiger partial charge in [-0.3, -0.25) is 14.5 Å². The van der Waals surface area contributed by atoms with E-state index in [-0.39, 0.29) is 23.3 Å². The summed E-state index contributed by atoms with van der Waals surface area (Å²) in [5.74, 6) is 0.617. The van der Waals surface area contributed by atoms with Crippen molar-refractivity contribution < 1.29 is 19.0 Å². The molecular formula is C29H42N4O5. The maximum atomic E-state index is 13.3. The largest absolute Gasteiger partial charge is 0.492 e. The third kappa shape index (κ3) is 8.14. The molecule has 2 saturated heterocycles. The van der Waals surface area contributed by atoms with E-state index in [1.165, 1.54) is 5.56 Å². The van der Waals surface area contributed by atoms with E-state index < -0.39 is 0 Å². The summed E-state index contributed by atoms with van der Waals surface area (Å²) in [6.45, 7) is 7.45. The molecule has 9 heteroatoms. The van der Waals surface area contributed by atoms with Gasteiger partial charge in [0.1, 0.15) is 12.4 Å². The van der Waals surface area contributed by atoms with Crippen molar-refractivity contribution in [3.63, 3.8) is 0 Å². The quantitative estimate of drug-likeness (QED) is 0.407. The molecule has 2 N–H and O–H groups in total. The molecule has 0 bridgehead atoms. The van der Waals surface area contributed by atoms with Gasteiger partial charge in [-0.05, 0) is 66.6 Å². The smallest absolute Gasteiger partial charge is 0.250 e. The third-order valence-electron chi connectivity index (χ3n) is 7.46. The van der Waals surface area contributed by atoms with Gasteiger partial charge < -0.3 is 29.4 Å². The number of carbonyl (C=O) groups is 1. The fourth-order valence-electron chi connectivity index (χ4n) is 5.24. The van der Waals surface area contributed by atoms with E-state index in [2.05, 4.69) is 27.7 Å². The summed E-state index contributed by atoms with van der Waals surface area (Å²) in [7, 11) is 3.45. The van der Waals surface area contributed by atoms with Gasteiger partial charge in [-0.2, -0.15) is 0 Å². The number of nitrogens with one attached hydrogen (secondary N) is 2. The highest BCUT2D eigenvalue weighted by Crippen LogP contribution is 2.30. The molecule has 2 fully saturated rings. The summed E-state index contributed by atoms with van der Waals surface area (Å²) >= 11 is 0. The molecule has 3 heterocycles. The van der Waals surface area contributed by atoms with Crippen LogP contribution in [0, 0.1) is 5.92 Å². The average molecular weight is 527 g/mol. The highest BCUT2D eigenvalue weighted by molar-refractivity contribution is 5.80. The number of aryl methyl sites for hydroxylation is 2. The highest BCUT2D eigenvalue weighted by Gasteiger charge is 2.32. The molecule has 9 nitrogen and oxygen atoms in total. The van der Waals surface area contributed by atoms with E-state index in [0.717, 1.165) is 75.5 Å². The van der Waals surface area contributed by atoms with E-state index >= 15 is 0 Å². The van der Waals surface area contributed by atoms with E-state index in [1.54, 1.807) is 31.0 Å². The van der Waals surface area contributed by atoms with Crippen LogP contribution >= 0.6 is 0 Å². The Labute approximate surface area is 225 Å². The summed E-state index contributed by atoms with van der Waals surface area (Å²) in [4.78, 5) is 27.9. The Balaban J connectivity index is 1.40. The second-order valence-corrected chi connectivity index (χ2v) is 10.2. The molecule has 38 heavy (non-hydrogen) atoms. The minimum Gasteiger partial charge on any atom is -0.492 e. The molecule has 1 aromatic carbocycles. The summed E-state index contributed by atoms with van der Waals surface area (Å²) in [5, 5.41) is 6.51. The number of morpholine rings is 1. The minimum absolute atomic E-state index is 0.00227. The molecule has 208 valence electrons. The fraction of sp³-hybridized carbons (Fsp3) is 0.586. The van der Waals surface area contributed by atoms with Crippen LogP contribution in [0.2, 0.25) is 0 Å². The molecule has 2 unspecified atom stereocenters. The van der Waals surface area contributed by atoms with Crippen LogP contribution in [0.15, 0.2) is 41.3 Å². The van der Waals surface area contributed by atoms with Crippen LogP contribution in [0.25, 0.3) is 0 Å². The highest BCUT2D eigenvalue weighted by atomic mass is 16.5. The monoisotopic (exact) mass is 526 g/mol. The maximum absolute atomic E-state index is 13.3. The Morgan fingerprint density at radius 1 is 1.16 bits per heavy atom. The van der Waals surface area contributed by atoms with Crippen LogP contribution in [-0.2, 0) is 34.3 Å². The lowest BCUT2D eigenvalue weighted by molar-refractivity contribution is -0.126. The second kappa shape index (κ2) is 14.4. The predicted molar refractivity (Wildman–Crippen MR) is 147 cm³/mol. The van der Waals surface area contributed by atoms with Crippen molar-refractivity contribution >= 4 is 5.91 Å². The number of hydrogen-bond acceptors (Lipinski definition) is 7. The standard InChI is InChI=1S/C29H42N4O5/c1-32-8-6-24(19-28(32)34)26-5-7-30-21-27(26)29(35)31-20-23-16-22(4-3-12-36-2)17-25(18-23)38-15-11-33-9-13-37-14-10-33/h6,8,16-19,26-27,30H,3-5,7,9-15,20-21H2,1-2H3,(H,31,35). The molecule has 2 aliphatic heterocycles. The summed E-state index contributed by atoms with van der Waals surface area (Å²) in [5.41, 5.74) is 3.08. The van der Waals surface area contributed by atoms with Crippen LogP contribution in [0.3, 0.4) is 0 Å². The number of pyridine rings is 1. The Kier molecular flexibility index (Phi) is 10.7. The molecule has 0 radical (unpaired) electrons. The van der Waals surface area contributed by atoms with Crippen molar-refractivity contribution in [3.05, 3.63) is 63.6 Å². The third-order valence-corrected chi connectivity index (χ3v) is 7.46. The zero-order chi connectivity index (χ0) is 26.7. The summed E-state index contributed by atoms with van der Waals surface area (Å²) in [6.07, 6.45) is 4.41. The normalized spacial score (nSPS) is 20.3. The number of ether oxygens (including phenoxy) is 3. The Morgan fingerprint density at radius 3 is 2.76 bits per heavy atom.